The molecule has 2 N–H and O–H groups in total. The molecule has 5 nitrogen and oxygen atoms in total. The molecule has 0 fully saturated rings. The first-order valence-corrected chi connectivity index (χ1v) is 7.67. The minimum absolute atomic E-state index is 0.0304. The summed E-state index contributed by atoms with van der Waals surface area (Å²) in [5, 5.41) is 7.20. The van der Waals surface area contributed by atoms with Crippen molar-refractivity contribution in [3.05, 3.63) is 46.7 Å². The van der Waals surface area contributed by atoms with Crippen LogP contribution in [0.1, 0.15) is 29.4 Å². The first-order valence-electron chi connectivity index (χ1n) is 6.79. The summed E-state index contributed by atoms with van der Waals surface area (Å²) in [7, 11) is 0. The number of amides is 2. The van der Waals surface area contributed by atoms with Gasteiger partial charge in [-0.2, -0.15) is 0 Å². The lowest BCUT2D eigenvalue weighted by atomic mass is 10.2. The van der Waals surface area contributed by atoms with Crippen molar-refractivity contribution in [1.29, 1.82) is 0 Å². The van der Waals surface area contributed by atoms with Crippen molar-refractivity contribution in [2.24, 2.45) is 0 Å². The van der Waals surface area contributed by atoms with Gasteiger partial charge in [0.15, 0.2) is 5.78 Å². The quantitative estimate of drug-likeness (QED) is 0.803. The molecule has 0 aliphatic carbocycles. The Morgan fingerprint density at radius 2 is 1.73 bits per heavy atom. The van der Waals surface area contributed by atoms with Crippen molar-refractivity contribution in [2.45, 2.75) is 19.8 Å². The van der Waals surface area contributed by atoms with E-state index in [-0.39, 0.29) is 30.4 Å². The van der Waals surface area contributed by atoms with Crippen molar-refractivity contribution < 1.29 is 14.4 Å². The summed E-state index contributed by atoms with van der Waals surface area (Å²) in [5.74, 6) is -0.438. The van der Waals surface area contributed by atoms with Crippen LogP contribution in [0.3, 0.4) is 0 Å². The summed E-state index contributed by atoms with van der Waals surface area (Å²) in [6.07, 6.45) is 0.304. The maximum atomic E-state index is 11.9. The van der Waals surface area contributed by atoms with E-state index in [4.69, 9.17) is 0 Å². The van der Waals surface area contributed by atoms with Gasteiger partial charge < -0.3 is 10.6 Å². The third-order valence-corrected chi connectivity index (χ3v) is 3.75. The molecule has 22 heavy (non-hydrogen) atoms. The minimum atomic E-state index is -0.232. The van der Waals surface area contributed by atoms with Gasteiger partial charge >= 0.3 is 0 Å². The zero-order valence-corrected chi connectivity index (χ0v) is 12.9. The van der Waals surface area contributed by atoms with Crippen LogP contribution in [0.4, 0.5) is 11.4 Å². The minimum Gasteiger partial charge on any atom is -0.326 e. The number of nitrogens with one attached hydrogen (secondary N) is 2. The van der Waals surface area contributed by atoms with E-state index < -0.39 is 0 Å². The molecule has 0 bridgehead atoms. The average molecular weight is 316 g/mol. The molecule has 1 aromatic heterocycles. The smallest absolute Gasteiger partial charge is 0.224 e. The number of thiophene rings is 1. The third kappa shape index (κ3) is 4.82. The highest BCUT2D eigenvalue weighted by Gasteiger charge is 2.10. The fourth-order valence-corrected chi connectivity index (χ4v) is 2.58. The van der Waals surface area contributed by atoms with Crippen molar-refractivity contribution in [3.8, 4) is 0 Å². The Bertz CT molecular complexity index is 680. The van der Waals surface area contributed by atoms with Gasteiger partial charge in [0.25, 0.3) is 0 Å². The fraction of sp³-hybridized carbons (Fsp3) is 0.188. The lowest BCUT2D eigenvalue weighted by molar-refractivity contribution is -0.116. The van der Waals surface area contributed by atoms with Crippen molar-refractivity contribution in [2.75, 3.05) is 10.6 Å². The average Bonchev–Trinajstić information content (AvgIpc) is 2.98. The Morgan fingerprint density at radius 1 is 1.00 bits per heavy atom. The predicted molar refractivity (Wildman–Crippen MR) is 87.3 cm³/mol. The van der Waals surface area contributed by atoms with Crippen LogP contribution in [0.25, 0.3) is 0 Å². The van der Waals surface area contributed by atoms with Crippen LogP contribution in [0.5, 0.6) is 0 Å². The number of Topliss-reactive ketones (excluding diaryl/α,β-unsaturated/α-hetero) is 1. The van der Waals surface area contributed by atoms with E-state index in [1.165, 1.54) is 18.3 Å². The summed E-state index contributed by atoms with van der Waals surface area (Å²) in [4.78, 5) is 35.4. The van der Waals surface area contributed by atoms with E-state index in [0.717, 1.165) is 0 Å². The third-order valence-electron chi connectivity index (χ3n) is 2.84. The van der Waals surface area contributed by atoms with Gasteiger partial charge in [-0.3, -0.25) is 14.4 Å². The summed E-state index contributed by atoms with van der Waals surface area (Å²) in [5.41, 5.74) is 1.19. The molecule has 2 amide bonds. The van der Waals surface area contributed by atoms with Crippen LogP contribution in [-0.2, 0) is 9.59 Å². The number of carbonyl (C=O) groups is 3. The zero-order chi connectivity index (χ0) is 15.9. The first-order chi connectivity index (χ1) is 10.5. The normalized spacial score (nSPS) is 10.0. The second-order valence-electron chi connectivity index (χ2n) is 4.71. The molecular formula is C16H16N2O3S. The van der Waals surface area contributed by atoms with Gasteiger partial charge in [0.1, 0.15) is 0 Å². The molecule has 0 atom stereocenters. The van der Waals surface area contributed by atoms with E-state index >= 15 is 0 Å². The lowest BCUT2D eigenvalue weighted by Crippen LogP contribution is -2.13. The monoisotopic (exact) mass is 316 g/mol. The molecule has 0 saturated carbocycles. The molecule has 0 aliphatic heterocycles. The molecule has 0 unspecified atom stereocenters. The van der Waals surface area contributed by atoms with Crippen LogP contribution >= 0.6 is 11.3 Å². The molecule has 1 aromatic carbocycles. The number of carbonyl (C=O) groups excluding carboxylic acids is 3. The summed E-state index contributed by atoms with van der Waals surface area (Å²) >= 11 is 1.37. The molecule has 1 heterocycles. The zero-order valence-electron chi connectivity index (χ0n) is 12.1. The number of benzene rings is 1. The van der Waals surface area contributed by atoms with Gasteiger partial charge in [0.2, 0.25) is 11.8 Å². The SMILES string of the molecule is CC(=O)Nc1cccc(NC(=O)CCC(=O)c2cccs2)c1. The lowest BCUT2D eigenvalue weighted by Gasteiger charge is -2.07. The molecular weight excluding hydrogens is 300 g/mol. The van der Waals surface area contributed by atoms with E-state index in [0.29, 0.717) is 16.3 Å². The largest absolute Gasteiger partial charge is 0.326 e. The summed E-state index contributed by atoms with van der Waals surface area (Å²) in [6.45, 7) is 1.42. The molecule has 0 spiro atoms. The fourth-order valence-electron chi connectivity index (χ4n) is 1.89. The second kappa shape index (κ2) is 7.51. The molecule has 0 saturated heterocycles. The van der Waals surface area contributed by atoms with Crippen molar-refractivity contribution in [3.63, 3.8) is 0 Å². The summed E-state index contributed by atoms with van der Waals surface area (Å²) < 4.78 is 0. The molecule has 6 heteroatoms. The van der Waals surface area contributed by atoms with E-state index in [2.05, 4.69) is 10.6 Å². The van der Waals surface area contributed by atoms with Gasteiger partial charge in [-0.1, -0.05) is 12.1 Å². The van der Waals surface area contributed by atoms with Gasteiger partial charge in [-0.15, -0.1) is 11.3 Å². The Morgan fingerprint density at radius 3 is 2.36 bits per heavy atom. The number of hydrogen-bond acceptors (Lipinski definition) is 4. The highest BCUT2D eigenvalue weighted by molar-refractivity contribution is 7.12. The number of rotatable bonds is 6. The Hall–Kier alpha value is -2.47. The van der Waals surface area contributed by atoms with Crippen LogP contribution in [-0.4, -0.2) is 17.6 Å². The van der Waals surface area contributed by atoms with Gasteiger partial charge in [0.05, 0.1) is 4.88 Å². The van der Waals surface area contributed by atoms with Gasteiger partial charge in [-0.05, 0) is 29.6 Å². The van der Waals surface area contributed by atoms with Crippen molar-refractivity contribution >= 4 is 40.3 Å². The van der Waals surface area contributed by atoms with Crippen LogP contribution in [0, 0.1) is 0 Å². The first kappa shape index (κ1) is 15.9. The van der Waals surface area contributed by atoms with E-state index in [1.807, 2.05) is 11.4 Å². The predicted octanol–water partition coefficient (Wildman–Crippen LogP) is 3.31. The van der Waals surface area contributed by atoms with E-state index in [1.54, 1.807) is 30.3 Å². The Labute approximate surface area is 132 Å². The maximum Gasteiger partial charge on any atom is 0.224 e. The topological polar surface area (TPSA) is 75.3 Å². The van der Waals surface area contributed by atoms with Crippen molar-refractivity contribution in [1.82, 2.24) is 0 Å². The van der Waals surface area contributed by atoms with E-state index in [9.17, 15) is 14.4 Å². The van der Waals surface area contributed by atoms with Gasteiger partial charge in [-0.25, -0.2) is 0 Å². The molecule has 114 valence electrons. The molecule has 0 aliphatic rings. The highest BCUT2D eigenvalue weighted by atomic mass is 32.1. The molecule has 2 rings (SSSR count). The Balaban J connectivity index is 1.86. The molecule has 2 aromatic rings. The molecule has 0 radical (unpaired) electrons. The van der Waals surface area contributed by atoms with Crippen LogP contribution in [0.15, 0.2) is 41.8 Å². The van der Waals surface area contributed by atoms with Crippen LogP contribution in [0.2, 0.25) is 0 Å². The second-order valence-corrected chi connectivity index (χ2v) is 5.66. The number of ketones is 1. The van der Waals surface area contributed by atoms with Crippen LogP contribution < -0.4 is 10.6 Å². The highest BCUT2D eigenvalue weighted by Crippen LogP contribution is 2.16. The van der Waals surface area contributed by atoms with Gasteiger partial charge in [0, 0.05) is 31.1 Å². The Kier molecular flexibility index (Phi) is 5.43. The number of hydrogen-bond donors (Lipinski definition) is 2. The maximum absolute atomic E-state index is 11.9. The standard InChI is InChI=1S/C16H16N2O3S/c1-11(19)17-12-4-2-5-13(10-12)18-16(21)8-7-14(20)15-6-3-9-22-15/h2-6,9-10H,7-8H2,1H3,(H,17,19)(H,18,21). The number of anilines is 2. The summed E-state index contributed by atoms with van der Waals surface area (Å²) in [6, 6.07) is 10.4.